The van der Waals surface area contributed by atoms with Gasteiger partial charge in [-0.05, 0) is 27.2 Å². The van der Waals surface area contributed by atoms with E-state index < -0.39 is 5.60 Å². The molecule has 0 bridgehead atoms. The molecule has 0 aliphatic heterocycles. The van der Waals surface area contributed by atoms with Gasteiger partial charge in [-0.25, -0.2) is 0 Å². The Bertz CT molecular complexity index is 151. The minimum atomic E-state index is -0.809. The molecule has 0 radical (unpaired) electrons. The summed E-state index contributed by atoms with van der Waals surface area (Å²) >= 11 is 0. The number of methoxy groups -OCH3 is 1. The van der Waals surface area contributed by atoms with Crippen LogP contribution in [0.15, 0.2) is 0 Å². The van der Waals surface area contributed by atoms with Crippen LogP contribution < -0.4 is 5.73 Å². The molecule has 0 saturated heterocycles. The van der Waals surface area contributed by atoms with Crippen LogP contribution in [-0.4, -0.2) is 43.2 Å². The lowest BCUT2D eigenvalue weighted by Crippen LogP contribution is -2.35. The molecule has 92 valence electrons. The van der Waals surface area contributed by atoms with Gasteiger partial charge in [0.15, 0.2) is 0 Å². The summed E-state index contributed by atoms with van der Waals surface area (Å²) in [5.41, 5.74) is 4.44. The Morgan fingerprint density at radius 3 is 2.13 bits per heavy atom. The maximum absolute atomic E-state index is 9.60. The fourth-order valence-electron chi connectivity index (χ4n) is 0.916. The lowest BCUT2D eigenvalue weighted by molar-refractivity contribution is -0.0212. The van der Waals surface area contributed by atoms with Crippen molar-refractivity contribution >= 4 is 0 Å². The van der Waals surface area contributed by atoms with Crippen LogP contribution in [0.1, 0.15) is 33.6 Å². The molecular weight excluding hydrogens is 194 g/mol. The van der Waals surface area contributed by atoms with Gasteiger partial charge in [0.1, 0.15) is 0 Å². The smallest absolute Gasteiger partial charge is 0.0763 e. The van der Waals surface area contributed by atoms with E-state index in [1.165, 1.54) is 0 Å². The summed E-state index contributed by atoms with van der Waals surface area (Å²) in [6, 6.07) is 0. The average Bonchev–Trinajstić information content (AvgIpc) is 2.17. The second kappa shape index (κ2) is 6.43. The van der Waals surface area contributed by atoms with Gasteiger partial charge in [-0.1, -0.05) is 0 Å². The highest BCUT2D eigenvalue weighted by molar-refractivity contribution is 4.72. The molecule has 0 spiro atoms. The van der Waals surface area contributed by atoms with Crippen LogP contribution in [0.3, 0.4) is 0 Å². The Morgan fingerprint density at radius 2 is 1.67 bits per heavy atom. The van der Waals surface area contributed by atoms with E-state index in [1.54, 1.807) is 14.0 Å². The fourth-order valence-corrected chi connectivity index (χ4v) is 0.916. The van der Waals surface area contributed by atoms with Gasteiger partial charge in [-0.2, -0.15) is 0 Å². The van der Waals surface area contributed by atoms with E-state index in [0.717, 1.165) is 6.42 Å². The molecule has 0 aromatic rings. The van der Waals surface area contributed by atoms with Crippen molar-refractivity contribution in [2.24, 2.45) is 5.73 Å². The molecule has 0 saturated carbocycles. The third-order valence-corrected chi connectivity index (χ3v) is 2.63. The Labute approximate surface area is 92.7 Å². The number of rotatable bonds is 8. The standard InChI is InChI=1S/C11H25NO3/c1-10(2,14-4)5-7-15-8-6-11(3,13)9-12/h13H,5-9,12H2,1-4H3. The van der Waals surface area contributed by atoms with Crippen LogP contribution in [0.25, 0.3) is 0 Å². The van der Waals surface area contributed by atoms with Crippen molar-refractivity contribution in [3.8, 4) is 0 Å². The number of hydrogen-bond acceptors (Lipinski definition) is 4. The van der Waals surface area contributed by atoms with Crippen LogP contribution in [0, 0.1) is 0 Å². The molecule has 4 heteroatoms. The molecule has 0 fully saturated rings. The van der Waals surface area contributed by atoms with Crippen LogP contribution >= 0.6 is 0 Å². The van der Waals surface area contributed by atoms with Gasteiger partial charge in [-0.3, -0.25) is 0 Å². The zero-order valence-corrected chi connectivity index (χ0v) is 10.4. The summed E-state index contributed by atoms with van der Waals surface area (Å²) in [5.74, 6) is 0. The van der Waals surface area contributed by atoms with Crippen LogP contribution in [0.4, 0.5) is 0 Å². The Morgan fingerprint density at radius 1 is 1.13 bits per heavy atom. The molecule has 1 atom stereocenters. The van der Waals surface area contributed by atoms with Crippen molar-refractivity contribution in [1.82, 2.24) is 0 Å². The second-order valence-corrected chi connectivity index (χ2v) is 4.78. The highest BCUT2D eigenvalue weighted by atomic mass is 16.5. The van der Waals surface area contributed by atoms with Crippen molar-refractivity contribution in [2.45, 2.75) is 44.8 Å². The number of aliphatic hydroxyl groups is 1. The molecule has 1 unspecified atom stereocenters. The van der Waals surface area contributed by atoms with Gasteiger partial charge in [0, 0.05) is 33.3 Å². The minimum absolute atomic E-state index is 0.142. The fraction of sp³-hybridized carbons (Fsp3) is 1.00. The minimum Gasteiger partial charge on any atom is -0.389 e. The summed E-state index contributed by atoms with van der Waals surface area (Å²) in [7, 11) is 1.69. The molecule has 0 aliphatic rings. The summed E-state index contributed by atoms with van der Waals surface area (Å²) in [6.45, 7) is 7.19. The monoisotopic (exact) mass is 219 g/mol. The Balaban J connectivity index is 3.48. The second-order valence-electron chi connectivity index (χ2n) is 4.78. The van der Waals surface area contributed by atoms with Gasteiger partial charge in [0.05, 0.1) is 11.2 Å². The topological polar surface area (TPSA) is 64.7 Å². The van der Waals surface area contributed by atoms with E-state index in [2.05, 4.69) is 0 Å². The molecule has 0 heterocycles. The predicted octanol–water partition coefficient (Wildman–Crippen LogP) is 0.918. The first-order valence-corrected chi connectivity index (χ1v) is 5.38. The van der Waals surface area contributed by atoms with Gasteiger partial charge in [0.25, 0.3) is 0 Å². The SMILES string of the molecule is COC(C)(C)CCOCCC(C)(O)CN. The molecule has 0 aromatic heterocycles. The van der Waals surface area contributed by atoms with Crippen molar-refractivity contribution in [2.75, 3.05) is 26.9 Å². The summed E-state index contributed by atoms with van der Waals surface area (Å²) in [6.07, 6.45) is 1.41. The van der Waals surface area contributed by atoms with Gasteiger partial charge >= 0.3 is 0 Å². The van der Waals surface area contributed by atoms with Crippen molar-refractivity contribution < 1.29 is 14.6 Å². The van der Waals surface area contributed by atoms with E-state index in [0.29, 0.717) is 19.6 Å². The quantitative estimate of drug-likeness (QED) is 0.596. The third-order valence-electron chi connectivity index (χ3n) is 2.63. The van der Waals surface area contributed by atoms with E-state index in [9.17, 15) is 5.11 Å². The summed E-state index contributed by atoms with van der Waals surface area (Å²) in [4.78, 5) is 0. The molecule has 3 N–H and O–H groups in total. The predicted molar refractivity (Wildman–Crippen MR) is 60.8 cm³/mol. The van der Waals surface area contributed by atoms with Crippen molar-refractivity contribution in [3.63, 3.8) is 0 Å². The third kappa shape index (κ3) is 7.73. The van der Waals surface area contributed by atoms with Crippen molar-refractivity contribution in [1.29, 1.82) is 0 Å². The van der Waals surface area contributed by atoms with Crippen molar-refractivity contribution in [3.05, 3.63) is 0 Å². The first-order chi connectivity index (χ1) is 6.83. The Hall–Kier alpha value is -0.160. The van der Waals surface area contributed by atoms with Gasteiger partial charge in [-0.15, -0.1) is 0 Å². The Kier molecular flexibility index (Phi) is 6.36. The normalized spacial score (nSPS) is 16.4. The first-order valence-electron chi connectivity index (χ1n) is 5.38. The lowest BCUT2D eigenvalue weighted by Gasteiger charge is -2.24. The molecule has 0 rings (SSSR count). The molecule has 15 heavy (non-hydrogen) atoms. The van der Waals surface area contributed by atoms with Gasteiger partial charge < -0.3 is 20.3 Å². The van der Waals surface area contributed by atoms with E-state index >= 15 is 0 Å². The molecule has 4 nitrogen and oxygen atoms in total. The molecular formula is C11H25NO3. The maximum atomic E-state index is 9.60. The van der Waals surface area contributed by atoms with E-state index in [4.69, 9.17) is 15.2 Å². The van der Waals surface area contributed by atoms with Crippen LogP contribution in [-0.2, 0) is 9.47 Å². The molecule has 0 aliphatic carbocycles. The summed E-state index contributed by atoms with van der Waals surface area (Å²) < 4.78 is 10.7. The highest BCUT2D eigenvalue weighted by Gasteiger charge is 2.18. The zero-order valence-electron chi connectivity index (χ0n) is 10.4. The summed E-state index contributed by atoms with van der Waals surface area (Å²) in [5, 5.41) is 9.60. The molecule has 0 aromatic carbocycles. The van der Waals surface area contributed by atoms with E-state index in [-0.39, 0.29) is 12.1 Å². The lowest BCUT2D eigenvalue weighted by atomic mass is 10.0. The number of nitrogens with two attached hydrogens (primary N) is 1. The van der Waals surface area contributed by atoms with Crippen LogP contribution in [0.5, 0.6) is 0 Å². The van der Waals surface area contributed by atoms with Crippen LogP contribution in [0.2, 0.25) is 0 Å². The highest BCUT2D eigenvalue weighted by Crippen LogP contribution is 2.13. The van der Waals surface area contributed by atoms with E-state index in [1.807, 2.05) is 13.8 Å². The molecule has 0 amide bonds. The largest absolute Gasteiger partial charge is 0.389 e. The average molecular weight is 219 g/mol. The number of ether oxygens (including phenoxy) is 2. The zero-order chi connectivity index (χ0) is 11.9. The van der Waals surface area contributed by atoms with Gasteiger partial charge in [0.2, 0.25) is 0 Å². The maximum Gasteiger partial charge on any atom is 0.0763 e. The first kappa shape index (κ1) is 14.8. The number of hydrogen-bond donors (Lipinski definition) is 2.